The molecular weight excluding hydrogens is 677 g/mol. The number of carbonyl (C=O) groups excluding carboxylic acids is 2. The second kappa shape index (κ2) is 14.0. The maximum absolute atomic E-state index is 14.1. The van der Waals surface area contributed by atoms with E-state index in [4.69, 9.17) is 33.8 Å². The molecule has 0 saturated carbocycles. The van der Waals surface area contributed by atoms with Crippen molar-refractivity contribution in [3.05, 3.63) is 93.2 Å². The summed E-state index contributed by atoms with van der Waals surface area (Å²) in [5, 5.41) is 3.65. The number of carbonyl (C=O) groups is 2. The van der Waals surface area contributed by atoms with Gasteiger partial charge in [0.05, 0.1) is 22.4 Å². The van der Waals surface area contributed by atoms with Gasteiger partial charge in [-0.05, 0) is 61.7 Å². The first-order valence-electron chi connectivity index (χ1n) is 15.3. The summed E-state index contributed by atoms with van der Waals surface area (Å²) in [6, 6.07) is 14.2. The van der Waals surface area contributed by atoms with Crippen molar-refractivity contribution < 1.29 is 22.7 Å². The largest absolute Gasteiger partial charge is 0.486 e. The van der Waals surface area contributed by atoms with Crippen LogP contribution in [0.3, 0.4) is 0 Å². The summed E-state index contributed by atoms with van der Waals surface area (Å²) < 4.78 is 35.4. The molecule has 2 aliphatic rings. The molecule has 6 rings (SSSR count). The van der Waals surface area contributed by atoms with Gasteiger partial charge in [-0.2, -0.15) is 9.41 Å². The first kappa shape index (κ1) is 33.6. The molecule has 2 saturated heterocycles. The molecule has 0 aliphatic carbocycles. The van der Waals surface area contributed by atoms with Gasteiger partial charge >= 0.3 is 0 Å². The van der Waals surface area contributed by atoms with Crippen LogP contribution in [0.25, 0.3) is 11.0 Å². The summed E-state index contributed by atoms with van der Waals surface area (Å²) in [6.45, 7) is 3.09. The average molecular weight is 711 g/mol. The van der Waals surface area contributed by atoms with Crippen molar-refractivity contribution in [1.82, 2.24) is 24.1 Å². The van der Waals surface area contributed by atoms with E-state index in [0.717, 1.165) is 5.56 Å². The lowest BCUT2D eigenvalue weighted by Crippen LogP contribution is -2.55. The van der Waals surface area contributed by atoms with Gasteiger partial charge in [-0.1, -0.05) is 41.4 Å². The molecule has 4 aromatic rings. The lowest BCUT2D eigenvalue weighted by atomic mass is 10.1. The van der Waals surface area contributed by atoms with E-state index in [-0.39, 0.29) is 53.0 Å². The van der Waals surface area contributed by atoms with E-state index >= 15 is 0 Å². The predicted octanol–water partition coefficient (Wildman–Crippen LogP) is 4.25. The van der Waals surface area contributed by atoms with Gasteiger partial charge in [-0.15, -0.1) is 0 Å². The molecule has 0 radical (unpaired) electrons. The Morgan fingerprint density at radius 3 is 2.48 bits per heavy atom. The molecule has 3 heterocycles. The Labute approximate surface area is 288 Å². The molecular formula is C33H33Cl2N7O5S. The Kier molecular flexibility index (Phi) is 9.83. The van der Waals surface area contributed by atoms with Crippen LogP contribution in [0.2, 0.25) is 10.0 Å². The lowest BCUT2D eigenvalue weighted by molar-refractivity contribution is -0.136. The number of piperazine rings is 1. The molecule has 0 spiro atoms. The maximum atomic E-state index is 14.1. The number of hydrogen-bond donors (Lipinski definition) is 1. The van der Waals surface area contributed by atoms with Gasteiger partial charge in [-0.3, -0.25) is 14.6 Å². The van der Waals surface area contributed by atoms with Crippen molar-refractivity contribution >= 4 is 62.3 Å². The molecule has 12 nitrogen and oxygen atoms in total. The standard InChI is InChI=1S/C33H33Cl2N7O5S/c1-21-18-37-26-4-2-6-28(31(26)39-21)47-20-24-25(34)11-12-29(30(24)35)48(45,46)42-13-3-5-27(42)33(44)41-16-14-40(15-17-41)32(43)23-9-7-22(8-10-23)19-38-36/h2,4,6-12,18-19,27H,3,5,13-17,20,36H2,1H3/t27-/m0/s1. The second-order valence-corrected chi connectivity index (χ2v) is 14.2. The van der Waals surface area contributed by atoms with Crippen molar-refractivity contribution in [3.8, 4) is 5.75 Å². The molecule has 2 aliphatic heterocycles. The van der Waals surface area contributed by atoms with Crippen LogP contribution in [0.4, 0.5) is 0 Å². The van der Waals surface area contributed by atoms with E-state index in [1.165, 1.54) is 22.7 Å². The summed E-state index contributed by atoms with van der Waals surface area (Å²) >= 11 is 13.2. The number of aromatic nitrogens is 2. The molecule has 3 aromatic carbocycles. The molecule has 2 fully saturated rings. The Hall–Kier alpha value is -4.30. The van der Waals surface area contributed by atoms with Crippen molar-refractivity contribution in [2.24, 2.45) is 10.9 Å². The van der Waals surface area contributed by atoms with Crippen molar-refractivity contribution in [2.45, 2.75) is 37.3 Å². The Morgan fingerprint density at radius 2 is 1.75 bits per heavy atom. The number of hydrazone groups is 1. The van der Waals surface area contributed by atoms with E-state index in [0.29, 0.717) is 59.5 Å². The number of nitrogens with zero attached hydrogens (tertiary/aromatic N) is 6. The van der Waals surface area contributed by atoms with E-state index in [9.17, 15) is 18.0 Å². The van der Waals surface area contributed by atoms with Crippen LogP contribution in [-0.4, -0.2) is 89.3 Å². The number of benzene rings is 3. The number of amides is 2. The maximum Gasteiger partial charge on any atom is 0.253 e. The third-order valence-corrected chi connectivity index (χ3v) is 11.4. The van der Waals surface area contributed by atoms with Crippen molar-refractivity contribution in [2.75, 3.05) is 32.7 Å². The number of para-hydroxylation sites is 1. The fourth-order valence-corrected chi connectivity index (χ4v) is 8.51. The average Bonchev–Trinajstić information content (AvgIpc) is 3.59. The van der Waals surface area contributed by atoms with Crippen molar-refractivity contribution in [1.29, 1.82) is 0 Å². The predicted molar refractivity (Wildman–Crippen MR) is 183 cm³/mol. The number of rotatable bonds is 8. The molecule has 48 heavy (non-hydrogen) atoms. The van der Waals surface area contributed by atoms with E-state index in [2.05, 4.69) is 15.1 Å². The third-order valence-electron chi connectivity index (χ3n) is 8.51. The first-order valence-corrected chi connectivity index (χ1v) is 17.5. The molecule has 1 aromatic heterocycles. The molecule has 250 valence electrons. The van der Waals surface area contributed by atoms with Gasteiger partial charge in [0.1, 0.15) is 28.8 Å². The van der Waals surface area contributed by atoms with Crippen LogP contribution in [-0.2, 0) is 21.4 Å². The minimum Gasteiger partial charge on any atom is -0.486 e. The number of aryl methyl sites for hydroxylation is 1. The number of hydrogen-bond acceptors (Lipinski definition) is 9. The quantitative estimate of drug-likeness (QED) is 0.162. The van der Waals surface area contributed by atoms with Crippen LogP contribution in [0.1, 0.15) is 40.0 Å². The van der Waals surface area contributed by atoms with Gasteiger partial charge in [0.25, 0.3) is 5.91 Å². The van der Waals surface area contributed by atoms with Gasteiger partial charge in [-0.25, -0.2) is 13.4 Å². The minimum atomic E-state index is -4.20. The summed E-state index contributed by atoms with van der Waals surface area (Å²) in [4.78, 5) is 38.9. The second-order valence-electron chi connectivity index (χ2n) is 11.6. The fourth-order valence-electron chi connectivity index (χ4n) is 5.99. The number of ether oxygens (including phenoxy) is 1. The highest BCUT2D eigenvalue weighted by Gasteiger charge is 2.43. The summed E-state index contributed by atoms with van der Waals surface area (Å²) in [7, 11) is -4.20. The van der Waals surface area contributed by atoms with Gasteiger partial charge in [0.2, 0.25) is 15.9 Å². The fraction of sp³-hybridized carbons (Fsp3) is 0.303. The minimum absolute atomic E-state index is 0.0708. The number of halogens is 2. The smallest absolute Gasteiger partial charge is 0.253 e. The van der Waals surface area contributed by atoms with E-state index in [1.54, 1.807) is 52.4 Å². The molecule has 15 heteroatoms. The Morgan fingerprint density at radius 1 is 1.02 bits per heavy atom. The highest BCUT2D eigenvalue weighted by molar-refractivity contribution is 7.89. The van der Waals surface area contributed by atoms with Crippen LogP contribution >= 0.6 is 23.2 Å². The zero-order valence-corrected chi connectivity index (χ0v) is 28.4. The normalized spacial score (nSPS) is 17.4. The molecule has 2 amide bonds. The molecule has 1 atom stereocenters. The lowest BCUT2D eigenvalue weighted by Gasteiger charge is -2.37. The van der Waals surface area contributed by atoms with Crippen LogP contribution in [0, 0.1) is 6.92 Å². The molecule has 2 N–H and O–H groups in total. The molecule has 0 bridgehead atoms. The summed E-state index contributed by atoms with van der Waals surface area (Å²) in [5.74, 6) is 5.20. The monoisotopic (exact) mass is 709 g/mol. The summed E-state index contributed by atoms with van der Waals surface area (Å²) in [5.41, 5.74) is 3.51. The first-order chi connectivity index (χ1) is 23.1. The zero-order chi connectivity index (χ0) is 34.0. The Balaban J connectivity index is 1.15. The zero-order valence-electron chi connectivity index (χ0n) is 26.1. The SMILES string of the molecule is Cc1cnc2cccc(OCc3c(Cl)ccc(S(=O)(=O)N4CCC[C@H]4C(=O)N4CCN(C(=O)c5ccc(C=NN)cc5)CC4)c3Cl)c2n1. The van der Waals surface area contributed by atoms with Gasteiger partial charge < -0.3 is 20.4 Å². The highest BCUT2D eigenvalue weighted by atomic mass is 35.5. The van der Waals surface area contributed by atoms with Gasteiger partial charge in [0.15, 0.2) is 0 Å². The highest BCUT2D eigenvalue weighted by Crippen LogP contribution is 2.37. The number of fused-ring (bicyclic) bond motifs is 1. The number of nitrogens with two attached hydrogens (primary N) is 1. The Bertz CT molecular complexity index is 2000. The van der Waals surface area contributed by atoms with Crippen LogP contribution in [0.15, 0.2) is 70.8 Å². The van der Waals surface area contributed by atoms with Crippen molar-refractivity contribution in [3.63, 3.8) is 0 Å². The topological polar surface area (TPSA) is 151 Å². The third kappa shape index (κ3) is 6.68. The van der Waals surface area contributed by atoms with E-state index < -0.39 is 16.1 Å². The van der Waals surface area contributed by atoms with Crippen LogP contribution < -0.4 is 10.6 Å². The molecule has 0 unspecified atom stereocenters. The van der Waals surface area contributed by atoms with Gasteiger partial charge in [0, 0.05) is 55.1 Å². The number of sulfonamides is 1. The van der Waals surface area contributed by atoms with Crippen LogP contribution in [0.5, 0.6) is 5.75 Å². The summed E-state index contributed by atoms with van der Waals surface area (Å²) in [6.07, 6.45) is 4.04. The van der Waals surface area contributed by atoms with E-state index in [1.807, 2.05) is 13.0 Å².